The largest absolute Gasteiger partial charge is 0.359 e. The molecule has 102 valence electrons. The highest BCUT2D eigenvalue weighted by molar-refractivity contribution is 5.85. The van der Waals surface area contributed by atoms with Crippen LogP contribution in [0.25, 0.3) is 0 Å². The minimum atomic E-state index is -0.651. The SMILES string of the molecule is CC(=O)C1CCCCN1c1ccc([N+](=O)[O-])cc1F. The highest BCUT2D eigenvalue weighted by Crippen LogP contribution is 2.29. The van der Waals surface area contributed by atoms with Crippen molar-refractivity contribution in [2.45, 2.75) is 32.2 Å². The smallest absolute Gasteiger partial charge is 0.272 e. The van der Waals surface area contributed by atoms with E-state index in [1.807, 2.05) is 0 Å². The van der Waals surface area contributed by atoms with Crippen LogP contribution >= 0.6 is 0 Å². The van der Waals surface area contributed by atoms with Crippen LogP contribution in [0, 0.1) is 15.9 Å². The molecule has 0 N–H and O–H groups in total. The number of nitrogens with zero attached hydrogens (tertiary/aromatic N) is 2. The van der Waals surface area contributed by atoms with Crippen LogP contribution in [-0.4, -0.2) is 23.3 Å². The van der Waals surface area contributed by atoms with Crippen LogP contribution in [0.3, 0.4) is 0 Å². The highest BCUT2D eigenvalue weighted by atomic mass is 19.1. The molecule has 1 aliphatic heterocycles. The van der Waals surface area contributed by atoms with Crippen molar-refractivity contribution in [1.29, 1.82) is 0 Å². The number of carbonyl (C=O) groups excluding carboxylic acids is 1. The molecule has 2 rings (SSSR count). The monoisotopic (exact) mass is 266 g/mol. The number of ketones is 1. The van der Waals surface area contributed by atoms with E-state index in [9.17, 15) is 19.3 Å². The van der Waals surface area contributed by atoms with Crippen molar-refractivity contribution >= 4 is 17.2 Å². The molecule has 0 radical (unpaired) electrons. The van der Waals surface area contributed by atoms with E-state index in [1.165, 1.54) is 19.1 Å². The van der Waals surface area contributed by atoms with Gasteiger partial charge in [-0.2, -0.15) is 0 Å². The predicted octanol–water partition coefficient (Wildman–Crippen LogP) is 2.68. The number of hydrogen-bond donors (Lipinski definition) is 0. The number of non-ortho nitro benzene ring substituents is 1. The van der Waals surface area contributed by atoms with Crippen molar-refractivity contribution in [3.8, 4) is 0 Å². The molecule has 1 unspecified atom stereocenters. The molecule has 0 aromatic heterocycles. The molecule has 19 heavy (non-hydrogen) atoms. The van der Waals surface area contributed by atoms with Gasteiger partial charge in [0, 0.05) is 12.6 Å². The van der Waals surface area contributed by atoms with Crippen molar-refractivity contribution < 1.29 is 14.1 Å². The van der Waals surface area contributed by atoms with E-state index in [0.717, 1.165) is 18.9 Å². The number of rotatable bonds is 3. The van der Waals surface area contributed by atoms with Crippen LogP contribution in [-0.2, 0) is 4.79 Å². The minimum Gasteiger partial charge on any atom is -0.359 e. The second-order valence-electron chi connectivity index (χ2n) is 4.71. The summed E-state index contributed by atoms with van der Waals surface area (Å²) in [7, 11) is 0. The molecule has 0 aliphatic carbocycles. The Bertz CT molecular complexity index is 519. The molecule has 1 heterocycles. The van der Waals surface area contributed by atoms with Crippen LogP contribution in [0.4, 0.5) is 15.8 Å². The van der Waals surface area contributed by atoms with Gasteiger partial charge in [-0.3, -0.25) is 14.9 Å². The average molecular weight is 266 g/mol. The number of carbonyl (C=O) groups is 1. The van der Waals surface area contributed by atoms with E-state index in [4.69, 9.17) is 0 Å². The van der Waals surface area contributed by atoms with Gasteiger partial charge in [0.2, 0.25) is 0 Å². The Labute approximate surface area is 110 Å². The Morgan fingerprint density at radius 1 is 1.47 bits per heavy atom. The van der Waals surface area contributed by atoms with Gasteiger partial charge < -0.3 is 4.90 Å². The molecule has 1 aromatic rings. The van der Waals surface area contributed by atoms with E-state index < -0.39 is 10.7 Å². The second-order valence-corrected chi connectivity index (χ2v) is 4.71. The average Bonchev–Trinajstić information content (AvgIpc) is 2.38. The molecule has 1 aliphatic rings. The number of piperidine rings is 1. The third kappa shape index (κ3) is 2.72. The lowest BCUT2D eigenvalue weighted by Gasteiger charge is -2.36. The summed E-state index contributed by atoms with van der Waals surface area (Å²) in [5.41, 5.74) is -0.0110. The van der Waals surface area contributed by atoms with Crippen molar-refractivity contribution in [2.75, 3.05) is 11.4 Å². The van der Waals surface area contributed by atoms with E-state index in [1.54, 1.807) is 4.90 Å². The van der Waals surface area contributed by atoms with Gasteiger partial charge >= 0.3 is 0 Å². The van der Waals surface area contributed by atoms with Gasteiger partial charge in [-0.25, -0.2) is 4.39 Å². The summed E-state index contributed by atoms with van der Waals surface area (Å²) in [5.74, 6) is -0.653. The molecule has 5 nitrogen and oxygen atoms in total. The van der Waals surface area contributed by atoms with Gasteiger partial charge in [-0.1, -0.05) is 0 Å². The molecule has 0 spiro atoms. The van der Waals surface area contributed by atoms with Gasteiger partial charge in [0.25, 0.3) is 5.69 Å². The van der Waals surface area contributed by atoms with Crippen molar-refractivity contribution in [2.24, 2.45) is 0 Å². The lowest BCUT2D eigenvalue weighted by molar-refractivity contribution is -0.385. The van der Waals surface area contributed by atoms with Crippen LogP contribution in [0.1, 0.15) is 26.2 Å². The topological polar surface area (TPSA) is 63.5 Å². The Hall–Kier alpha value is -1.98. The summed E-state index contributed by atoms with van der Waals surface area (Å²) in [5, 5.41) is 10.6. The number of anilines is 1. The van der Waals surface area contributed by atoms with E-state index in [-0.39, 0.29) is 23.2 Å². The predicted molar refractivity (Wildman–Crippen MR) is 68.7 cm³/mol. The van der Waals surface area contributed by atoms with Gasteiger partial charge in [-0.05, 0) is 32.3 Å². The first kappa shape index (κ1) is 13.5. The number of hydrogen-bond acceptors (Lipinski definition) is 4. The lowest BCUT2D eigenvalue weighted by atomic mass is 9.98. The van der Waals surface area contributed by atoms with Gasteiger partial charge in [-0.15, -0.1) is 0 Å². The Morgan fingerprint density at radius 2 is 2.21 bits per heavy atom. The van der Waals surface area contributed by atoms with Crippen molar-refractivity contribution in [1.82, 2.24) is 0 Å². The van der Waals surface area contributed by atoms with E-state index in [2.05, 4.69) is 0 Å². The first-order valence-corrected chi connectivity index (χ1v) is 6.21. The number of benzene rings is 1. The summed E-state index contributed by atoms with van der Waals surface area (Å²) in [4.78, 5) is 23.3. The first-order chi connectivity index (χ1) is 9.00. The van der Waals surface area contributed by atoms with Crippen molar-refractivity contribution in [3.05, 3.63) is 34.1 Å². The molecule has 6 heteroatoms. The van der Waals surface area contributed by atoms with Crippen LogP contribution < -0.4 is 4.90 Å². The Morgan fingerprint density at radius 3 is 2.79 bits per heavy atom. The summed E-state index contributed by atoms with van der Waals surface area (Å²) < 4.78 is 14.0. The molecule has 1 saturated heterocycles. The number of nitro benzene ring substituents is 1. The third-order valence-corrected chi connectivity index (χ3v) is 3.42. The molecule has 1 aromatic carbocycles. The fourth-order valence-electron chi connectivity index (χ4n) is 2.48. The second kappa shape index (κ2) is 5.34. The quantitative estimate of drug-likeness (QED) is 0.623. The zero-order valence-corrected chi connectivity index (χ0v) is 10.6. The molecular formula is C13H15FN2O3. The summed E-state index contributed by atoms with van der Waals surface area (Å²) in [6.45, 7) is 2.09. The number of nitro groups is 1. The maximum absolute atomic E-state index is 14.0. The molecule has 0 amide bonds. The highest BCUT2D eigenvalue weighted by Gasteiger charge is 2.28. The van der Waals surface area contributed by atoms with Crippen LogP contribution in [0.2, 0.25) is 0 Å². The van der Waals surface area contributed by atoms with Gasteiger partial charge in [0.1, 0.15) is 0 Å². The minimum absolute atomic E-state index is 0.00236. The number of Topliss-reactive ketones (excluding diaryl/α,β-unsaturated/α-hetero) is 1. The van der Waals surface area contributed by atoms with E-state index in [0.29, 0.717) is 13.0 Å². The third-order valence-electron chi connectivity index (χ3n) is 3.42. The molecule has 1 fully saturated rings. The maximum atomic E-state index is 14.0. The maximum Gasteiger partial charge on any atom is 0.272 e. The Balaban J connectivity index is 2.34. The van der Waals surface area contributed by atoms with Crippen LogP contribution in [0.15, 0.2) is 18.2 Å². The van der Waals surface area contributed by atoms with Gasteiger partial charge in [0.15, 0.2) is 11.6 Å². The van der Waals surface area contributed by atoms with E-state index >= 15 is 0 Å². The van der Waals surface area contributed by atoms with Crippen molar-refractivity contribution in [3.63, 3.8) is 0 Å². The number of halogens is 1. The van der Waals surface area contributed by atoms with Gasteiger partial charge in [0.05, 0.1) is 22.7 Å². The molecule has 0 bridgehead atoms. The lowest BCUT2D eigenvalue weighted by Crippen LogP contribution is -2.44. The fraction of sp³-hybridized carbons (Fsp3) is 0.462. The summed E-state index contributed by atoms with van der Waals surface area (Å²) in [6.07, 6.45) is 2.53. The normalized spacial score (nSPS) is 19.3. The Kier molecular flexibility index (Phi) is 3.78. The standard InChI is InChI=1S/C13H15FN2O3/c1-9(17)12-4-2-3-7-15(12)13-6-5-10(16(18)19)8-11(13)14/h5-6,8,12H,2-4,7H2,1H3. The fourth-order valence-corrected chi connectivity index (χ4v) is 2.48. The zero-order chi connectivity index (χ0) is 14.0. The molecule has 0 saturated carbocycles. The van der Waals surface area contributed by atoms with Crippen LogP contribution in [0.5, 0.6) is 0 Å². The summed E-state index contributed by atoms with van der Waals surface area (Å²) in [6, 6.07) is 3.23. The first-order valence-electron chi connectivity index (χ1n) is 6.21. The molecule has 1 atom stereocenters. The molecular weight excluding hydrogens is 251 g/mol. The zero-order valence-electron chi connectivity index (χ0n) is 10.6. The summed E-state index contributed by atoms with van der Waals surface area (Å²) >= 11 is 0.